The molecule has 0 saturated carbocycles. The van der Waals surface area contributed by atoms with E-state index in [0.717, 1.165) is 5.69 Å². The third-order valence-electron chi connectivity index (χ3n) is 3.44. The average Bonchev–Trinajstić information content (AvgIpc) is 2.96. The van der Waals surface area contributed by atoms with Gasteiger partial charge in [0, 0.05) is 17.1 Å². The molecule has 0 aliphatic carbocycles. The molecule has 24 heavy (non-hydrogen) atoms. The first-order chi connectivity index (χ1) is 11.5. The molecular formula is C17H14ClFN4O. The number of nitrogens with zero attached hydrogens (tertiary/aromatic N) is 3. The lowest BCUT2D eigenvalue weighted by molar-refractivity contribution is 0.0940. The van der Waals surface area contributed by atoms with Gasteiger partial charge in [-0.2, -0.15) is 0 Å². The van der Waals surface area contributed by atoms with Gasteiger partial charge < -0.3 is 5.32 Å². The van der Waals surface area contributed by atoms with Crippen molar-refractivity contribution in [1.29, 1.82) is 0 Å². The monoisotopic (exact) mass is 344 g/mol. The van der Waals surface area contributed by atoms with Crippen molar-refractivity contribution < 1.29 is 9.18 Å². The molecule has 0 atom stereocenters. The minimum absolute atomic E-state index is 0.0267. The summed E-state index contributed by atoms with van der Waals surface area (Å²) in [6.45, 7) is 1.81. The van der Waals surface area contributed by atoms with Gasteiger partial charge >= 0.3 is 0 Å². The molecule has 0 fully saturated rings. The highest BCUT2D eigenvalue weighted by atomic mass is 35.5. The summed E-state index contributed by atoms with van der Waals surface area (Å²) in [7, 11) is 0. The van der Waals surface area contributed by atoms with Crippen molar-refractivity contribution in [3.05, 3.63) is 76.6 Å². The number of carbonyl (C=O) groups excluding carboxylic acids is 1. The lowest BCUT2D eigenvalue weighted by Crippen LogP contribution is -2.24. The SMILES string of the molecule is Cc1nc(C(=O)NCc2ccccc2F)nn1-c1ccc(Cl)cc1. The highest BCUT2D eigenvalue weighted by molar-refractivity contribution is 6.30. The van der Waals surface area contributed by atoms with E-state index in [9.17, 15) is 9.18 Å². The van der Waals surface area contributed by atoms with Crippen LogP contribution in [0.3, 0.4) is 0 Å². The molecule has 3 aromatic rings. The maximum atomic E-state index is 13.6. The Hall–Kier alpha value is -2.73. The minimum Gasteiger partial charge on any atom is -0.345 e. The van der Waals surface area contributed by atoms with Crippen LogP contribution < -0.4 is 5.32 Å². The predicted octanol–water partition coefficient (Wildman–Crippen LogP) is 3.30. The molecule has 0 aliphatic rings. The lowest BCUT2D eigenvalue weighted by Gasteiger charge is -2.04. The fourth-order valence-electron chi connectivity index (χ4n) is 2.21. The summed E-state index contributed by atoms with van der Waals surface area (Å²) in [6.07, 6.45) is 0. The van der Waals surface area contributed by atoms with Crippen molar-refractivity contribution in [1.82, 2.24) is 20.1 Å². The van der Waals surface area contributed by atoms with Crippen molar-refractivity contribution in [3.63, 3.8) is 0 Å². The number of aromatic nitrogens is 3. The molecule has 1 amide bonds. The van der Waals surface area contributed by atoms with Gasteiger partial charge in [-0.3, -0.25) is 4.79 Å². The van der Waals surface area contributed by atoms with Gasteiger partial charge in [0.2, 0.25) is 5.82 Å². The van der Waals surface area contributed by atoms with Crippen molar-refractivity contribution in [2.24, 2.45) is 0 Å². The van der Waals surface area contributed by atoms with Gasteiger partial charge in [0.25, 0.3) is 5.91 Å². The number of benzene rings is 2. The summed E-state index contributed by atoms with van der Waals surface area (Å²) >= 11 is 5.87. The molecule has 3 rings (SSSR count). The number of rotatable bonds is 4. The number of hydrogen-bond acceptors (Lipinski definition) is 3. The molecule has 0 unspecified atom stereocenters. The Kier molecular flexibility index (Phi) is 4.57. The molecule has 5 nitrogen and oxygen atoms in total. The largest absolute Gasteiger partial charge is 0.345 e. The van der Waals surface area contributed by atoms with E-state index in [1.54, 1.807) is 54.1 Å². The second-order valence-electron chi connectivity index (χ2n) is 5.14. The maximum Gasteiger partial charge on any atom is 0.291 e. The highest BCUT2D eigenvalue weighted by Gasteiger charge is 2.15. The van der Waals surface area contributed by atoms with Crippen LogP contribution >= 0.6 is 11.6 Å². The summed E-state index contributed by atoms with van der Waals surface area (Å²) < 4.78 is 15.1. The zero-order valence-electron chi connectivity index (χ0n) is 12.8. The molecule has 122 valence electrons. The van der Waals surface area contributed by atoms with E-state index in [1.165, 1.54) is 6.07 Å². The molecular weight excluding hydrogens is 331 g/mol. The first kappa shape index (κ1) is 16.1. The number of aryl methyl sites for hydroxylation is 1. The van der Waals surface area contributed by atoms with Crippen LogP contribution in [0.15, 0.2) is 48.5 Å². The maximum absolute atomic E-state index is 13.6. The van der Waals surface area contributed by atoms with Crippen LogP contribution in [0.4, 0.5) is 4.39 Å². The van der Waals surface area contributed by atoms with Gasteiger partial charge in [-0.25, -0.2) is 14.1 Å². The zero-order chi connectivity index (χ0) is 17.1. The van der Waals surface area contributed by atoms with Crippen molar-refractivity contribution in [2.45, 2.75) is 13.5 Å². The van der Waals surface area contributed by atoms with Gasteiger partial charge in [0.1, 0.15) is 11.6 Å². The molecule has 2 aromatic carbocycles. The van der Waals surface area contributed by atoms with Gasteiger partial charge in [-0.15, -0.1) is 5.10 Å². The van der Waals surface area contributed by atoms with E-state index >= 15 is 0 Å². The van der Waals surface area contributed by atoms with Gasteiger partial charge in [0.05, 0.1) is 5.69 Å². The highest BCUT2D eigenvalue weighted by Crippen LogP contribution is 2.14. The molecule has 0 radical (unpaired) electrons. The Labute approximate surface area is 143 Å². The second kappa shape index (κ2) is 6.80. The molecule has 1 heterocycles. The van der Waals surface area contributed by atoms with Crippen LogP contribution in [0.2, 0.25) is 5.02 Å². The number of carbonyl (C=O) groups is 1. The van der Waals surface area contributed by atoms with Crippen LogP contribution in [0.25, 0.3) is 5.69 Å². The standard InChI is InChI=1S/C17H14ClFN4O/c1-11-21-16(22-23(11)14-8-6-13(18)7-9-14)17(24)20-10-12-4-2-3-5-15(12)19/h2-9H,10H2,1H3,(H,20,24). The normalized spacial score (nSPS) is 10.6. The summed E-state index contributed by atoms with van der Waals surface area (Å²) in [5.41, 5.74) is 1.15. The summed E-state index contributed by atoms with van der Waals surface area (Å²) in [5, 5.41) is 7.43. The molecule has 7 heteroatoms. The fraction of sp³-hybridized carbons (Fsp3) is 0.118. The first-order valence-corrected chi connectivity index (χ1v) is 7.63. The topological polar surface area (TPSA) is 59.8 Å². The summed E-state index contributed by atoms with van der Waals surface area (Å²) in [4.78, 5) is 16.3. The van der Waals surface area contributed by atoms with E-state index < -0.39 is 5.91 Å². The Morgan fingerprint density at radius 3 is 2.62 bits per heavy atom. The fourth-order valence-corrected chi connectivity index (χ4v) is 2.34. The van der Waals surface area contributed by atoms with Crippen LogP contribution in [-0.2, 0) is 6.54 Å². The summed E-state index contributed by atoms with van der Waals surface area (Å²) in [5.74, 6) is -0.241. The number of amides is 1. The summed E-state index contributed by atoms with van der Waals surface area (Å²) in [6, 6.07) is 13.3. The predicted molar refractivity (Wildman–Crippen MR) is 88.7 cm³/mol. The number of hydrogen-bond donors (Lipinski definition) is 1. The van der Waals surface area contributed by atoms with Crippen LogP contribution in [0, 0.1) is 12.7 Å². The third kappa shape index (κ3) is 3.44. The van der Waals surface area contributed by atoms with E-state index in [4.69, 9.17) is 11.6 Å². The Morgan fingerprint density at radius 1 is 1.21 bits per heavy atom. The van der Waals surface area contributed by atoms with E-state index in [1.807, 2.05) is 0 Å². The van der Waals surface area contributed by atoms with Crippen molar-refractivity contribution >= 4 is 17.5 Å². The van der Waals surface area contributed by atoms with Crippen LogP contribution in [0.1, 0.15) is 22.0 Å². The smallest absolute Gasteiger partial charge is 0.291 e. The molecule has 1 N–H and O–H groups in total. The Balaban J connectivity index is 1.75. The average molecular weight is 345 g/mol. The molecule has 1 aromatic heterocycles. The van der Waals surface area contributed by atoms with Crippen molar-refractivity contribution in [2.75, 3.05) is 0 Å². The van der Waals surface area contributed by atoms with Gasteiger partial charge in [-0.1, -0.05) is 29.8 Å². The van der Waals surface area contributed by atoms with Gasteiger partial charge in [0.15, 0.2) is 0 Å². The van der Waals surface area contributed by atoms with Gasteiger partial charge in [-0.05, 0) is 37.3 Å². The molecule has 0 spiro atoms. The lowest BCUT2D eigenvalue weighted by atomic mass is 10.2. The second-order valence-corrected chi connectivity index (χ2v) is 5.58. The number of halogens is 2. The van der Waals surface area contributed by atoms with Crippen LogP contribution in [-0.4, -0.2) is 20.7 Å². The zero-order valence-corrected chi connectivity index (χ0v) is 13.6. The van der Waals surface area contributed by atoms with Crippen LogP contribution in [0.5, 0.6) is 0 Å². The molecule has 0 aliphatic heterocycles. The van der Waals surface area contributed by atoms with E-state index in [0.29, 0.717) is 16.4 Å². The first-order valence-electron chi connectivity index (χ1n) is 7.26. The quantitative estimate of drug-likeness (QED) is 0.790. The van der Waals surface area contributed by atoms with E-state index in [-0.39, 0.29) is 18.2 Å². The molecule has 0 saturated heterocycles. The molecule has 0 bridgehead atoms. The Bertz CT molecular complexity index is 877. The number of nitrogens with one attached hydrogen (secondary N) is 1. The minimum atomic E-state index is -0.464. The van der Waals surface area contributed by atoms with E-state index in [2.05, 4.69) is 15.4 Å². The van der Waals surface area contributed by atoms with Crippen molar-refractivity contribution in [3.8, 4) is 5.69 Å². The third-order valence-corrected chi connectivity index (χ3v) is 3.69. The Morgan fingerprint density at radius 2 is 1.92 bits per heavy atom.